The number of nitrogens with one attached hydrogen (secondary N) is 1. The Kier molecular flexibility index (Phi) is 7.17. The molecule has 33 heavy (non-hydrogen) atoms. The van der Waals surface area contributed by atoms with E-state index in [2.05, 4.69) is 70.0 Å². The van der Waals surface area contributed by atoms with Gasteiger partial charge in [0.1, 0.15) is 0 Å². The lowest BCUT2D eigenvalue weighted by atomic mass is 9.96. The number of nitrogens with zero attached hydrogens (tertiary/aromatic N) is 2. The SMILES string of the molecule is CCc1ccc(S(=O)(=O)NCC(c2ccc(N(C)C)cc2)N2CCc3ccccc3C2)cc1. The molecule has 1 heterocycles. The van der Waals surface area contributed by atoms with Gasteiger partial charge < -0.3 is 4.90 Å². The maximum absolute atomic E-state index is 13.1. The van der Waals surface area contributed by atoms with Crippen LogP contribution in [-0.4, -0.2) is 40.5 Å². The fourth-order valence-corrected chi connectivity index (χ4v) is 5.45. The fourth-order valence-electron chi connectivity index (χ4n) is 4.41. The van der Waals surface area contributed by atoms with Gasteiger partial charge in [0.25, 0.3) is 0 Å². The van der Waals surface area contributed by atoms with E-state index in [0.717, 1.165) is 42.7 Å². The third kappa shape index (κ3) is 5.46. The minimum absolute atomic E-state index is 0.0562. The van der Waals surface area contributed by atoms with E-state index >= 15 is 0 Å². The van der Waals surface area contributed by atoms with Crippen LogP contribution in [0.25, 0.3) is 0 Å². The average molecular weight is 464 g/mol. The number of rotatable bonds is 8. The number of aryl methyl sites for hydroxylation is 1. The molecule has 6 heteroatoms. The van der Waals surface area contributed by atoms with Crippen molar-refractivity contribution in [2.45, 2.75) is 37.2 Å². The van der Waals surface area contributed by atoms with Crippen LogP contribution in [0, 0.1) is 0 Å². The summed E-state index contributed by atoms with van der Waals surface area (Å²) in [5.41, 5.74) is 6.06. The molecule has 3 aromatic carbocycles. The van der Waals surface area contributed by atoms with E-state index in [0.29, 0.717) is 11.4 Å². The topological polar surface area (TPSA) is 52.7 Å². The normalized spacial score (nSPS) is 15.1. The first-order chi connectivity index (χ1) is 15.9. The van der Waals surface area contributed by atoms with E-state index in [-0.39, 0.29) is 6.04 Å². The lowest BCUT2D eigenvalue weighted by molar-refractivity contribution is 0.180. The first kappa shape index (κ1) is 23.5. The number of hydrogen-bond acceptors (Lipinski definition) is 4. The third-order valence-corrected chi connectivity index (χ3v) is 7.94. The Morgan fingerprint density at radius 2 is 1.61 bits per heavy atom. The van der Waals surface area contributed by atoms with Gasteiger partial charge in [0, 0.05) is 45.5 Å². The highest BCUT2D eigenvalue weighted by Crippen LogP contribution is 2.29. The van der Waals surface area contributed by atoms with Crippen molar-refractivity contribution in [2.24, 2.45) is 0 Å². The van der Waals surface area contributed by atoms with Crippen molar-refractivity contribution < 1.29 is 8.42 Å². The predicted molar refractivity (Wildman–Crippen MR) is 135 cm³/mol. The van der Waals surface area contributed by atoms with Crippen LogP contribution in [0.1, 0.15) is 35.2 Å². The molecule has 0 bridgehead atoms. The molecule has 0 spiro atoms. The van der Waals surface area contributed by atoms with E-state index in [1.165, 1.54) is 11.1 Å². The van der Waals surface area contributed by atoms with Gasteiger partial charge >= 0.3 is 0 Å². The van der Waals surface area contributed by atoms with Crippen molar-refractivity contribution in [1.82, 2.24) is 9.62 Å². The van der Waals surface area contributed by atoms with Crippen LogP contribution < -0.4 is 9.62 Å². The van der Waals surface area contributed by atoms with Crippen LogP contribution in [0.5, 0.6) is 0 Å². The van der Waals surface area contributed by atoms with E-state index in [4.69, 9.17) is 0 Å². The molecule has 0 fully saturated rings. The predicted octanol–water partition coefficient (Wildman–Crippen LogP) is 4.39. The van der Waals surface area contributed by atoms with Gasteiger partial charge in [-0.2, -0.15) is 0 Å². The van der Waals surface area contributed by atoms with Crippen LogP contribution in [0.15, 0.2) is 77.7 Å². The second-order valence-electron chi connectivity index (χ2n) is 8.84. The summed E-state index contributed by atoms with van der Waals surface area (Å²) in [5.74, 6) is 0. The summed E-state index contributed by atoms with van der Waals surface area (Å²) < 4.78 is 29.0. The highest BCUT2D eigenvalue weighted by atomic mass is 32.2. The highest BCUT2D eigenvalue weighted by Gasteiger charge is 2.26. The molecule has 3 aromatic rings. The molecule has 5 nitrogen and oxygen atoms in total. The van der Waals surface area contributed by atoms with Crippen LogP contribution in [-0.2, 0) is 29.4 Å². The zero-order valence-corrected chi connectivity index (χ0v) is 20.5. The summed E-state index contributed by atoms with van der Waals surface area (Å²) in [6, 6.07) is 24.0. The molecule has 174 valence electrons. The van der Waals surface area contributed by atoms with Crippen molar-refractivity contribution in [3.05, 3.63) is 95.1 Å². The summed E-state index contributed by atoms with van der Waals surface area (Å²) in [5, 5.41) is 0. The van der Waals surface area contributed by atoms with Gasteiger partial charge in [-0.3, -0.25) is 4.90 Å². The van der Waals surface area contributed by atoms with Crippen molar-refractivity contribution in [2.75, 3.05) is 32.1 Å². The molecular weight excluding hydrogens is 430 g/mol. The monoisotopic (exact) mass is 463 g/mol. The first-order valence-electron chi connectivity index (χ1n) is 11.5. The molecule has 0 aliphatic carbocycles. The van der Waals surface area contributed by atoms with Gasteiger partial charge in [0.2, 0.25) is 10.0 Å². The number of fused-ring (bicyclic) bond motifs is 1. The smallest absolute Gasteiger partial charge is 0.240 e. The molecule has 1 aliphatic heterocycles. The minimum Gasteiger partial charge on any atom is -0.378 e. The molecular formula is C27H33N3O2S. The Bertz CT molecular complexity index is 1170. The Labute approximate surface area is 198 Å². The summed E-state index contributed by atoms with van der Waals surface area (Å²) in [4.78, 5) is 4.76. The Morgan fingerprint density at radius 1 is 0.939 bits per heavy atom. The van der Waals surface area contributed by atoms with E-state index in [1.807, 2.05) is 26.2 Å². The minimum atomic E-state index is -3.59. The molecule has 1 unspecified atom stereocenters. The van der Waals surface area contributed by atoms with Crippen molar-refractivity contribution in [1.29, 1.82) is 0 Å². The van der Waals surface area contributed by atoms with Gasteiger partial charge in [-0.05, 0) is 59.4 Å². The molecule has 1 N–H and O–H groups in total. The standard InChI is InChI=1S/C27H33N3O2S/c1-4-21-9-15-26(16-10-21)33(31,32)28-19-27(23-11-13-25(14-12-23)29(2)3)30-18-17-22-7-5-6-8-24(22)20-30/h5-16,27-28H,4,17-20H2,1-3H3. The molecule has 0 saturated carbocycles. The van der Waals surface area contributed by atoms with Crippen LogP contribution in [0.4, 0.5) is 5.69 Å². The van der Waals surface area contributed by atoms with E-state index in [1.54, 1.807) is 12.1 Å². The second-order valence-corrected chi connectivity index (χ2v) is 10.6. The number of hydrogen-bond donors (Lipinski definition) is 1. The summed E-state index contributed by atoms with van der Waals surface area (Å²) >= 11 is 0. The quantitative estimate of drug-likeness (QED) is 0.538. The molecule has 4 rings (SSSR count). The lowest BCUT2D eigenvalue weighted by Gasteiger charge is -2.36. The van der Waals surface area contributed by atoms with E-state index in [9.17, 15) is 8.42 Å². The highest BCUT2D eigenvalue weighted by molar-refractivity contribution is 7.89. The van der Waals surface area contributed by atoms with Crippen LogP contribution >= 0.6 is 0 Å². The van der Waals surface area contributed by atoms with Gasteiger partial charge in [-0.1, -0.05) is 55.5 Å². The van der Waals surface area contributed by atoms with Gasteiger partial charge in [-0.15, -0.1) is 0 Å². The second kappa shape index (κ2) is 10.1. The van der Waals surface area contributed by atoms with E-state index < -0.39 is 10.0 Å². The van der Waals surface area contributed by atoms with Gasteiger partial charge in [0.15, 0.2) is 0 Å². The maximum atomic E-state index is 13.1. The Morgan fingerprint density at radius 3 is 2.24 bits per heavy atom. The fraction of sp³-hybridized carbons (Fsp3) is 0.333. The zero-order valence-electron chi connectivity index (χ0n) is 19.7. The van der Waals surface area contributed by atoms with Gasteiger partial charge in [0.05, 0.1) is 4.90 Å². The maximum Gasteiger partial charge on any atom is 0.240 e. The molecule has 0 saturated heterocycles. The Hall–Kier alpha value is -2.67. The average Bonchev–Trinajstić information content (AvgIpc) is 2.84. The largest absolute Gasteiger partial charge is 0.378 e. The van der Waals surface area contributed by atoms with Crippen molar-refractivity contribution in [3.8, 4) is 0 Å². The summed E-state index contributed by atoms with van der Waals surface area (Å²) in [6.45, 7) is 4.08. The zero-order chi connectivity index (χ0) is 23.4. The number of benzene rings is 3. The summed E-state index contributed by atoms with van der Waals surface area (Å²) in [6.07, 6.45) is 1.85. The first-order valence-corrected chi connectivity index (χ1v) is 13.0. The Balaban J connectivity index is 1.58. The third-order valence-electron chi connectivity index (χ3n) is 6.50. The van der Waals surface area contributed by atoms with Gasteiger partial charge in [-0.25, -0.2) is 13.1 Å². The molecule has 0 amide bonds. The van der Waals surface area contributed by atoms with Crippen LogP contribution in [0.2, 0.25) is 0 Å². The number of anilines is 1. The lowest BCUT2D eigenvalue weighted by Crippen LogP contribution is -2.40. The molecule has 1 aliphatic rings. The molecule has 0 radical (unpaired) electrons. The number of sulfonamides is 1. The van der Waals surface area contributed by atoms with Crippen LogP contribution in [0.3, 0.4) is 0 Å². The van der Waals surface area contributed by atoms with Crippen molar-refractivity contribution >= 4 is 15.7 Å². The van der Waals surface area contributed by atoms with Crippen molar-refractivity contribution in [3.63, 3.8) is 0 Å². The summed E-state index contributed by atoms with van der Waals surface area (Å²) in [7, 11) is 0.446. The molecule has 1 atom stereocenters. The molecule has 0 aromatic heterocycles.